The minimum Gasteiger partial charge on any atom is -0.507 e. The molecule has 0 aliphatic rings. The van der Waals surface area contributed by atoms with Crippen molar-refractivity contribution in [2.24, 2.45) is 0 Å². The molecule has 0 fully saturated rings. The number of aromatic hydroxyl groups is 1. The monoisotopic (exact) mass is 318 g/mol. The number of carbonyl (C=O) groups is 1. The van der Waals surface area contributed by atoms with Crippen LogP contribution in [0.2, 0.25) is 5.02 Å². The molecule has 0 aliphatic carbocycles. The third kappa shape index (κ3) is 4.05. The van der Waals surface area contributed by atoms with Crippen molar-refractivity contribution in [3.05, 3.63) is 52.8 Å². The van der Waals surface area contributed by atoms with Crippen molar-refractivity contribution in [1.82, 2.24) is 4.98 Å². The lowest BCUT2D eigenvalue weighted by molar-refractivity contribution is -0.107. The normalized spacial score (nSPS) is 10.2. The van der Waals surface area contributed by atoms with Crippen molar-refractivity contribution in [3.63, 3.8) is 0 Å². The van der Waals surface area contributed by atoms with Gasteiger partial charge in [0.25, 0.3) is 0 Å². The van der Waals surface area contributed by atoms with E-state index in [0.717, 1.165) is 12.0 Å². The van der Waals surface area contributed by atoms with Crippen molar-refractivity contribution >= 4 is 23.6 Å². The van der Waals surface area contributed by atoms with Gasteiger partial charge in [-0.1, -0.05) is 17.7 Å². The average molecular weight is 319 g/mol. The van der Waals surface area contributed by atoms with Crippen molar-refractivity contribution < 1.29 is 14.6 Å². The van der Waals surface area contributed by atoms with Crippen LogP contribution in [-0.4, -0.2) is 22.1 Å². The van der Waals surface area contributed by atoms with Gasteiger partial charge in [-0.25, -0.2) is 0 Å². The Balaban J connectivity index is 2.12. The quantitative estimate of drug-likeness (QED) is 0.605. The van der Waals surface area contributed by atoms with Gasteiger partial charge in [-0.05, 0) is 24.6 Å². The van der Waals surface area contributed by atoms with Crippen molar-refractivity contribution in [2.45, 2.75) is 19.4 Å². The molecule has 0 spiro atoms. The fourth-order valence-corrected chi connectivity index (χ4v) is 2.09. The first-order chi connectivity index (χ1) is 10.6. The third-order valence-corrected chi connectivity index (χ3v) is 3.28. The van der Waals surface area contributed by atoms with Crippen LogP contribution in [0.25, 0.3) is 0 Å². The minimum atomic E-state index is -0.101. The molecule has 1 aromatic carbocycles. The van der Waals surface area contributed by atoms with E-state index in [4.69, 9.17) is 21.7 Å². The fraction of sp³-hybridized carbons (Fsp3) is 0.188. The third-order valence-electron chi connectivity index (χ3n) is 2.99. The van der Waals surface area contributed by atoms with E-state index in [1.807, 2.05) is 18.2 Å². The number of pyridine rings is 1. The second kappa shape index (κ2) is 7.56. The second-order valence-electron chi connectivity index (χ2n) is 4.59. The molecular weight excluding hydrogens is 304 g/mol. The molecule has 2 aromatic rings. The van der Waals surface area contributed by atoms with Gasteiger partial charge in [-0.3, -0.25) is 4.98 Å². The van der Waals surface area contributed by atoms with Gasteiger partial charge in [0.15, 0.2) is 0 Å². The number of ether oxygens (including phenoxy) is 1. The van der Waals surface area contributed by atoms with Crippen LogP contribution in [0.5, 0.6) is 11.5 Å². The van der Waals surface area contributed by atoms with Gasteiger partial charge in [-0.15, -0.1) is 0 Å². The summed E-state index contributed by atoms with van der Waals surface area (Å²) in [6.07, 6.45) is 2.88. The topological polar surface area (TPSA) is 83.3 Å². The van der Waals surface area contributed by atoms with Gasteiger partial charge >= 0.3 is 0 Å². The highest BCUT2D eigenvalue weighted by atomic mass is 35.5. The first kappa shape index (κ1) is 16.0. The molecule has 0 saturated carbocycles. The first-order valence-electron chi connectivity index (χ1n) is 6.68. The van der Waals surface area contributed by atoms with Crippen molar-refractivity contribution in [2.75, 3.05) is 0 Å². The van der Waals surface area contributed by atoms with E-state index in [2.05, 4.69) is 4.98 Å². The summed E-state index contributed by atoms with van der Waals surface area (Å²) in [4.78, 5) is 14.5. The number of hydrogen-bond donors (Lipinski definition) is 2. The Hall–Kier alpha value is -2.40. The summed E-state index contributed by atoms with van der Waals surface area (Å²) in [5.74, 6) is 0.216. The van der Waals surface area contributed by atoms with E-state index in [0.29, 0.717) is 16.3 Å². The first-order valence-corrected chi connectivity index (χ1v) is 7.06. The second-order valence-corrected chi connectivity index (χ2v) is 5.00. The van der Waals surface area contributed by atoms with Crippen LogP contribution in [0, 0.1) is 5.41 Å². The number of nitrogens with one attached hydrogen (secondary N) is 1. The molecule has 1 aromatic heterocycles. The van der Waals surface area contributed by atoms with Gasteiger partial charge < -0.3 is 20.0 Å². The predicted molar refractivity (Wildman–Crippen MR) is 83.8 cm³/mol. The molecule has 0 bridgehead atoms. The predicted octanol–water partition coefficient (Wildman–Crippen LogP) is 3.37. The van der Waals surface area contributed by atoms with Crippen LogP contribution in [0.15, 0.2) is 36.5 Å². The SMILES string of the molecule is N=C(CCC=O)c1cc(Cl)c(OCc2ccccn2)cc1O. The largest absolute Gasteiger partial charge is 0.507 e. The Morgan fingerprint density at radius 1 is 1.41 bits per heavy atom. The number of hydrogen-bond acceptors (Lipinski definition) is 5. The number of carbonyl (C=O) groups excluding carboxylic acids is 1. The highest BCUT2D eigenvalue weighted by Crippen LogP contribution is 2.33. The number of aldehydes is 1. The molecule has 0 unspecified atom stereocenters. The number of aromatic nitrogens is 1. The molecule has 6 heteroatoms. The Labute approximate surface area is 133 Å². The summed E-state index contributed by atoms with van der Waals surface area (Å²) in [5.41, 5.74) is 1.20. The lowest BCUT2D eigenvalue weighted by atomic mass is 10.0. The molecule has 2 N–H and O–H groups in total. The lowest BCUT2D eigenvalue weighted by Gasteiger charge is -2.11. The summed E-state index contributed by atoms with van der Waals surface area (Å²) >= 11 is 6.12. The van der Waals surface area contributed by atoms with E-state index in [1.165, 1.54) is 12.1 Å². The fourth-order valence-electron chi connectivity index (χ4n) is 1.87. The highest BCUT2D eigenvalue weighted by molar-refractivity contribution is 6.32. The Kier molecular flexibility index (Phi) is 5.49. The molecule has 2 rings (SSSR count). The molecule has 0 aliphatic heterocycles. The lowest BCUT2D eigenvalue weighted by Crippen LogP contribution is -2.02. The van der Waals surface area contributed by atoms with E-state index in [1.54, 1.807) is 6.20 Å². The summed E-state index contributed by atoms with van der Waals surface area (Å²) in [6, 6.07) is 8.31. The van der Waals surface area contributed by atoms with Crippen molar-refractivity contribution in [1.29, 1.82) is 5.41 Å². The zero-order valence-corrected chi connectivity index (χ0v) is 12.5. The average Bonchev–Trinajstić information content (AvgIpc) is 2.54. The van der Waals surface area contributed by atoms with E-state index < -0.39 is 0 Å². The molecule has 0 atom stereocenters. The number of nitrogens with zero attached hydrogens (tertiary/aromatic N) is 1. The molecule has 1 heterocycles. The number of halogens is 1. The molecule has 114 valence electrons. The van der Waals surface area contributed by atoms with Crippen LogP contribution >= 0.6 is 11.6 Å². The maximum Gasteiger partial charge on any atom is 0.142 e. The molecule has 22 heavy (non-hydrogen) atoms. The van der Waals surface area contributed by atoms with Gasteiger partial charge in [0.2, 0.25) is 0 Å². The van der Waals surface area contributed by atoms with Gasteiger partial charge in [0.1, 0.15) is 24.4 Å². The van der Waals surface area contributed by atoms with E-state index >= 15 is 0 Å². The molecule has 0 amide bonds. The van der Waals surface area contributed by atoms with Crippen LogP contribution in [0.3, 0.4) is 0 Å². The van der Waals surface area contributed by atoms with Crippen molar-refractivity contribution in [3.8, 4) is 11.5 Å². The zero-order valence-electron chi connectivity index (χ0n) is 11.8. The Bertz CT molecular complexity index is 675. The molecule has 5 nitrogen and oxygen atoms in total. The summed E-state index contributed by atoms with van der Waals surface area (Å²) < 4.78 is 5.54. The van der Waals surface area contributed by atoms with Crippen LogP contribution < -0.4 is 4.74 Å². The summed E-state index contributed by atoms with van der Waals surface area (Å²) in [6.45, 7) is 0.224. The number of phenolic OH excluding ortho intramolecular Hbond substituents is 1. The smallest absolute Gasteiger partial charge is 0.142 e. The van der Waals surface area contributed by atoms with Gasteiger partial charge in [0, 0.05) is 30.0 Å². The van der Waals surface area contributed by atoms with Crippen LogP contribution in [-0.2, 0) is 11.4 Å². The molecular formula is C16H15ClN2O3. The van der Waals surface area contributed by atoms with Gasteiger partial charge in [-0.2, -0.15) is 0 Å². The zero-order chi connectivity index (χ0) is 15.9. The summed E-state index contributed by atoms with van der Waals surface area (Å²) in [5, 5.41) is 18.1. The summed E-state index contributed by atoms with van der Waals surface area (Å²) in [7, 11) is 0. The number of benzene rings is 1. The van der Waals surface area contributed by atoms with Gasteiger partial charge in [0.05, 0.1) is 10.7 Å². The highest BCUT2D eigenvalue weighted by Gasteiger charge is 2.13. The van der Waals surface area contributed by atoms with Crippen LogP contribution in [0.4, 0.5) is 0 Å². The minimum absolute atomic E-state index is 0.101. The molecule has 0 radical (unpaired) electrons. The molecule has 0 saturated heterocycles. The Morgan fingerprint density at radius 3 is 2.91 bits per heavy atom. The Morgan fingerprint density at radius 2 is 2.23 bits per heavy atom. The standard InChI is InChI=1S/C16H15ClN2O3/c17-13-8-12(14(18)5-3-7-20)15(21)9-16(13)22-10-11-4-1-2-6-19-11/h1-2,4,6-9,18,21H,3,5,10H2. The maximum absolute atomic E-state index is 10.4. The van der Waals surface area contributed by atoms with E-state index in [-0.39, 0.29) is 30.9 Å². The van der Waals surface area contributed by atoms with E-state index in [9.17, 15) is 9.90 Å². The number of rotatable bonds is 7. The maximum atomic E-state index is 10.4. The number of phenols is 1. The van der Waals surface area contributed by atoms with Crippen LogP contribution in [0.1, 0.15) is 24.1 Å².